The largest absolute Gasteiger partial charge is 0.493 e. The van der Waals surface area contributed by atoms with Crippen molar-refractivity contribution in [2.75, 3.05) is 153 Å². The summed E-state index contributed by atoms with van der Waals surface area (Å²) in [5.74, 6) is 6.40. The van der Waals surface area contributed by atoms with Crippen LogP contribution in [0.3, 0.4) is 0 Å². The molecule has 4 heterocycles. The van der Waals surface area contributed by atoms with Crippen molar-refractivity contribution in [1.29, 1.82) is 0 Å². The van der Waals surface area contributed by atoms with Crippen molar-refractivity contribution in [3.05, 3.63) is 107 Å². The van der Waals surface area contributed by atoms with Crippen LogP contribution in [0.1, 0.15) is 83.2 Å². The van der Waals surface area contributed by atoms with Crippen molar-refractivity contribution in [1.82, 2.24) is 41.0 Å². The first-order valence-corrected chi connectivity index (χ1v) is 31.6. The van der Waals surface area contributed by atoms with E-state index < -0.39 is 0 Å². The Balaban J connectivity index is 0.557. The van der Waals surface area contributed by atoms with Gasteiger partial charge in [-0.15, -0.1) is 0 Å². The molecule has 20 heteroatoms. The van der Waals surface area contributed by atoms with Gasteiger partial charge in [-0.25, -0.2) is 9.97 Å². The Kier molecular flexibility index (Phi) is 24.4. The number of methoxy groups -OCH3 is 4. The van der Waals surface area contributed by atoms with E-state index in [1.165, 1.54) is 49.7 Å². The Morgan fingerprint density at radius 1 is 0.451 bits per heavy atom. The topological polar surface area (TPSA) is 210 Å². The SMILES string of the molecule is COc1cc2nc(N3CCN(C(=O)c4ccc(CNCCCCCCNCCSSCCNCCCCCCNCc5ccc(C(=O)N6CCN(c7cc(N)c8cc(OC)c(OC)cc8n7)CC6)cc5)cc4)CC3)cc(N)c2cc1OC. The number of ether oxygens (including phenoxy) is 4. The molecule has 0 bridgehead atoms. The van der Waals surface area contributed by atoms with Gasteiger partial charge >= 0.3 is 0 Å². The molecule has 442 valence electrons. The summed E-state index contributed by atoms with van der Waals surface area (Å²) >= 11 is 0. The van der Waals surface area contributed by atoms with Gasteiger partial charge in [0.1, 0.15) is 11.6 Å². The summed E-state index contributed by atoms with van der Waals surface area (Å²) in [6, 6.07) is 27.3. The van der Waals surface area contributed by atoms with Crippen molar-refractivity contribution in [2.45, 2.75) is 64.5 Å². The van der Waals surface area contributed by atoms with E-state index in [4.69, 9.17) is 40.4 Å². The van der Waals surface area contributed by atoms with Crippen molar-refractivity contribution >= 4 is 78.2 Å². The zero-order chi connectivity index (χ0) is 57.5. The lowest BCUT2D eigenvalue weighted by molar-refractivity contribution is 0.0739. The highest BCUT2D eigenvalue weighted by Gasteiger charge is 2.26. The number of nitrogen functional groups attached to an aromatic ring is 2. The van der Waals surface area contributed by atoms with Crippen LogP contribution in [0.15, 0.2) is 84.9 Å². The summed E-state index contributed by atoms with van der Waals surface area (Å²) in [5.41, 5.74) is 19.4. The number of nitrogens with zero attached hydrogens (tertiary/aromatic N) is 6. The summed E-state index contributed by atoms with van der Waals surface area (Å²) in [6.45, 7) is 13.0. The Bertz CT molecular complexity index is 2760. The van der Waals surface area contributed by atoms with Crippen molar-refractivity contribution in [2.24, 2.45) is 0 Å². The minimum absolute atomic E-state index is 0.0591. The first kappa shape index (κ1) is 61.6. The van der Waals surface area contributed by atoms with E-state index in [0.29, 0.717) is 86.7 Å². The van der Waals surface area contributed by atoms with Gasteiger partial charge in [0, 0.05) is 148 Å². The quantitative estimate of drug-likeness (QED) is 0.0169. The first-order chi connectivity index (χ1) is 40.2. The fraction of sp³-hybridized carbons (Fsp3) is 0.484. The Hall–Kier alpha value is -6.42. The summed E-state index contributed by atoms with van der Waals surface area (Å²) in [6.07, 6.45) is 9.67. The molecule has 2 aliphatic heterocycles. The fourth-order valence-electron chi connectivity index (χ4n) is 10.4. The molecule has 2 amide bonds. The predicted octanol–water partition coefficient (Wildman–Crippen LogP) is 8.47. The van der Waals surface area contributed by atoms with E-state index in [0.717, 1.165) is 121 Å². The molecular formula is C62H86N12O6S2. The monoisotopic (exact) mass is 1160 g/mol. The number of pyridine rings is 2. The molecule has 0 spiro atoms. The van der Waals surface area contributed by atoms with E-state index in [-0.39, 0.29) is 11.8 Å². The van der Waals surface area contributed by atoms with Crippen LogP contribution >= 0.6 is 21.6 Å². The highest BCUT2D eigenvalue weighted by Crippen LogP contribution is 2.37. The molecular weight excluding hydrogens is 1070 g/mol. The van der Waals surface area contributed by atoms with Crippen LogP contribution in [0.4, 0.5) is 23.0 Å². The maximum absolute atomic E-state index is 13.4. The fourth-order valence-corrected chi connectivity index (χ4v) is 12.3. The second-order valence-corrected chi connectivity index (χ2v) is 23.6. The molecule has 0 saturated carbocycles. The highest BCUT2D eigenvalue weighted by atomic mass is 33.1. The number of nitrogens with two attached hydrogens (primary N) is 2. The summed E-state index contributed by atoms with van der Waals surface area (Å²) in [7, 11) is 10.4. The number of carbonyl (C=O) groups is 2. The molecule has 2 saturated heterocycles. The number of rotatable bonds is 33. The normalized spacial score (nSPS) is 13.8. The van der Waals surface area contributed by atoms with Crippen molar-refractivity contribution in [3.63, 3.8) is 0 Å². The number of hydrogen-bond acceptors (Lipinski definition) is 18. The number of amides is 2. The van der Waals surface area contributed by atoms with Crippen LogP contribution in [0.2, 0.25) is 0 Å². The highest BCUT2D eigenvalue weighted by molar-refractivity contribution is 8.76. The molecule has 0 radical (unpaired) electrons. The Labute approximate surface area is 492 Å². The van der Waals surface area contributed by atoms with Gasteiger partial charge in [-0.05, 0) is 99.4 Å². The van der Waals surface area contributed by atoms with Gasteiger partial charge < -0.3 is 71.3 Å². The maximum Gasteiger partial charge on any atom is 0.253 e. The third kappa shape index (κ3) is 17.6. The lowest BCUT2D eigenvalue weighted by Gasteiger charge is -2.35. The smallest absolute Gasteiger partial charge is 0.253 e. The molecule has 2 fully saturated rings. The lowest BCUT2D eigenvalue weighted by atomic mass is 10.1. The van der Waals surface area contributed by atoms with Gasteiger partial charge in [-0.3, -0.25) is 9.59 Å². The Morgan fingerprint density at radius 3 is 1.15 bits per heavy atom. The molecule has 2 aromatic heterocycles. The van der Waals surface area contributed by atoms with Crippen LogP contribution < -0.4 is 61.5 Å². The predicted molar refractivity (Wildman–Crippen MR) is 339 cm³/mol. The summed E-state index contributed by atoms with van der Waals surface area (Å²) in [4.78, 5) is 44.7. The number of anilines is 4. The minimum atomic E-state index is 0.0591. The number of benzene rings is 4. The van der Waals surface area contributed by atoms with E-state index in [1.54, 1.807) is 28.4 Å². The van der Waals surface area contributed by atoms with Gasteiger partial charge in [0.15, 0.2) is 23.0 Å². The molecule has 0 atom stereocenters. The van der Waals surface area contributed by atoms with Gasteiger partial charge in [0.25, 0.3) is 11.8 Å². The minimum Gasteiger partial charge on any atom is -0.493 e. The summed E-state index contributed by atoms with van der Waals surface area (Å²) < 4.78 is 21.8. The molecule has 0 aliphatic carbocycles. The van der Waals surface area contributed by atoms with Crippen LogP contribution in [-0.2, 0) is 13.1 Å². The maximum atomic E-state index is 13.4. The number of hydrogen-bond donors (Lipinski definition) is 6. The van der Waals surface area contributed by atoms with Gasteiger partial charge in [-0.2, -0.15) is 0 Å². The molecule has 2 aliphatic rings. The molecule has 6 aromatic rings. The zero-order valence-electron chi connectivity index (χ0n) is 48.6. The third-order valence-corrected chi connectivity index (χ3v) is 17.6. The van der Waals surface area contributed by atoms with Crippen molar-refractivity contribution in [3.8, 4) is 23.0 Å². The molecule has 18 nitrogen and oxygen atoms in total. The number of piperazine rings is 2. The number of fused-ring (bicyclic) bond motifs is 2. The van der Waals surface area contributed by atoms with E-state index in [9.17, 15) is 9.59 Å². The van der Waals surface area contributed by atoms with Crippen LogP contribution in [0, 0.1) is 0 Å². The van der Waals surface area contributed by atoms with E-state index in [1.807, 2.05) is 92.1 Å². The molecule has 82 heavy (non-hydrogen) atoms. The number of unbranched alkanes of at least 4 members (excludes halogenated alkanes) is 6. The standard InChI is InChI=1S/C62H86N12O6S2/c1-77-55-37-49-51(63)39-59(69-53(49)41-57(55)79-3)71-27-31-73(32-28-71)61(75)47-17-13-45(14-18-47)43-67-23-11-7-5-9-21-65-25-35-81-82-36-26-66-22-10-6-8-12-24-68-44-46-15-19-48(20-16-46)62(76)74-33-29-72(30-34-74)60-40-52(64)50-38-56(78-2)58(80-4)42-54(50)70-60/h13-20,37-42,65-68H,5-12,21-36,43-44H2,1-4H3,(H2,63,69)(H2,64,70). The van der Waals surface area contributed by atoms with E-state index in [2.05, 4.69) is 55.3 Å². The van der Waals surface area contributed by atoms with Crippen LogP contribution in [0.5, 0.6) is 23.0 Å². The zero-order valence-corrected chi connectivity index (χ0v) is 50.2. The van der Waals surface area contributed by atoms with Gasteiger partial charge in [0.05, 0.1) is 39.5 Å². The van der Waals surface area contributed by atoms with Crippen molar-refractivity contribution < 1.29 is 28.5 Å². The van der Waals surface area contributed by atoms with Crippen LogP contribution in [-0.4, -0.2) is 163 Å². The molecule has 4 aromatic carbocycles. The number of carbonyl (C=O) groups excluding carboxylic acids is 2. The van der Waals surface area contributed by atoms with E-state index >= 15 is 0 Å². The number of nitrogens with one attached hydrogen (secondary N) is 4. The second kappa shape index (κ2) is 32.4. The average Bonchev–Trinajstić information content (AvgIpc) is 3.55. The molecule has 8 N–H and O–H groups in total. The van der Waals surface area contributed by atoms with Crippen LogP contribution in [0.25, 0.3) is 21.8 Å². The lowest BCUT2D eigenvalue weighted by Crippen LogP contribution is -2.49. The second-order valence-electron chi connectivity index (χ2n) is 20.9. The molecule has 8 rings (SSSR count). The number of aromatic nitrogens is 2. The first-order valence-electron chi connectivity index (χ1n) is 29.1. The third-order valence-electron chi connectivity index (χ3n) is 15.2. The van der Waals surface area contributed by atoms with Gasteiger partial charge in [0.2, 0.25) is 0 Å². The average molecular weight is 1160 g/mol. The van der Waals surface area contributed by atoms with Gasteiger partial charge in [-0.1, -0.05) is 71.5 Å². The Morgan fingerprint density at radius 2 is 0.793 bits per heavy atom. The summed E-state index contributed by atoms with van der Waals surface area (Å²) in [5, 5.41) is 16.0. The molecule has 0 unspecified atom stereocenters.